The van der Waals surface area contributed by atoms with Crippen molar-refractivity contribution in [2.24, 2.45) is 5.73 Å². The van der Waals surface area contributed by atoms with E-state index in [1.165, 1.54) is 15.9 Å². The van der Waals surface area contributed by atoms with Crippen LogP contribution in [0.4, 0.5) is 17.3 Å². The lowest BCUT2D eigenvalue weighted by Crippen LogP contribution is -2.33. The van der Waals surface area contributed by atoms with E-state index in [4.69, 9.17) is 10.5 Å². The Balaban J connectivity index is 0.000000695. The van der Waals surface area contributed by atoms with Crippen LogP contribution in [0.1, 0.15) is 12.0 Å². The van der Waals surface area contributed by atoms with Gasteiger partial charge in [-0.2, -0.15) is 0 Å². The highest BCUT2D eigenvalue weighted by Gasteiger charge is 2.44. The number of aromatic hydroxyl groups is 1. The Labute approximate surface area is 215 Å². The lowest BCUT2D eigenvalue weighted by atomic mass is 10.2. The summed E-state index contributed by atoms with van der Waals surface area (Å²) in [6.45, 7) is 0.886. The fourth-order valence-corrected chi connectivity index (χ4v) is 8.50. The molecule has 0 saturated heterocycles. The van der Waals surface area contributed by atoms with Crippen molar-refractivity contribution in [3.05, 3.63) is 115 Å². The molecule has 0 heterocycles. The van der Waals surface area contributed by atoms with E-state index in [2.05, 4.69) is 91.0 Å². The smallest absolute Gasteiger partial charge is 0.508 e. The number of ether oxygens (including phenoxy) is 1. The van der Waals surface area contributed by atoms with Gasteiger partial charge in [-0.1, -0.05) is 54.6 Å². The molecule has 4 aromatic carbocycles. The highest BCUT2D eigenvalue weighted by Crippen LogP contribution is 2.55. The van der Waals surface area contributed by atoms with E-state index in [0.29, 0.717) is 12.2 Å². The molecule has 4 rings (SSSR count). The molecule has 0 aliphatic carbocycles. The molecular formula is C28H29BF4NO2P. The maximum atomic E-state index is 9.86. The van der Waals surface area contributed by atoms with Crippen LogP contribution in [0, 0.1) is 0 Å². The van der Waals surface area contributed by atoms with E-state index < -0.39 is 14.5 Å². The molecule has 0 radical (unpaired) electrons. The average molecular weight is 529 g/mol. The van der Waals surface area contributed by atoms with Crippen molar-refractivity contribution in [3.8, 4) is 11.5 Å². The molecule has 37 heavy (non-hydrogen) atoms. The molecule has 0 amide bonds. The van der Waals surface area contributed by atoms with Crippen molar-refractivity contribution in [3.63, 3.8) is 0 Å². The van der Waals surface area contributed by atoms with E-state index >= 15 is 0 Å². The third-order valence-corrected chi connectivity index (χ3v) is 10.3. The zero-order chi connectivity index (χ0) is 26.7. The van der Waals surface area contributed by atoms with Crippen LogP contribution >= 0.6 is 7.26 Å². The van der Waals surface area contributed by atoms with Crippen molar-refractivity contribution in [2.75, 3.05) is 12.8 Å². The van der Waals surface area contributed by atoms with Crippen LogP contribution in [-0.4, -0.2) is 25.1 Å². The van der Waals surface area contributed by atoms with Gasteiger partial charge in [0.25, 0.3) is 0 Å². The summed E-state index contributed by atoms with van der Waals surface area (Å²) in [5.74, 6) is 0.952. The highest BCUT2D eigenvalue weighted by molar-refractivity contribution is 7.95. The molecule has 0 bridgehead atoms. The average Bonchev–Trinajstić information content (AvgIpc) is 2.90. The summed E-state index contributed by atoms with van der Waals surface area (Å²) >= 11 is 0. The standard InChI is InChI=1S/C28H28NO2P.BF4/c29-22-23-21-24(17-18-28(23)30)31-19-10-20-32(25-11-4-1-5-12-25,26-13-6-2-7-14-26)27-15-8-3-9-16-27;2-1(3,4)5/h1-9,11-18,21H,10,19-20,22,29H2;/q;-1/p+1. The van der Waals surface area contributed by atoms with Crippen LogP contribution in [0.3, 0.4) is 0 Å². The third-order valence-electron chi connectivity index (χ3n) is 5.77. The fraction of sp³-hybridized carbons (Fsp3) is 0.143. The van der Waals surface area contributed by atoms with E-state index in [1.54, 1.807) is 12.1 Å². The van der Waals surface area contributed by atoms with Gasteiger partial charge < -0.3 is 32.8 Å². The van der Waals surface area contributed by atoms with Crippen molar-refractivity contribution in [1.82, 2.24) is 0 Å². The van der Waals surface area contributed by atoms with Gasteiger partial charge in [-0.3, -0.25) is 0 Å². The number of phenols is 1. The molecule has 0 unspecified atom stereocenters. The molecule has 0 aliphatic rings. The second kappa shape index (κ2) is 13.3. The minimum absolute atomic E-state index is 0.210. The van der Waals surface area contributed by atoms with Gasteiger partial charge in [0.15, 0.2) is 0 Å². The van der Waals surface area contributed by atoms with Crippen molar-refractivity contribution in [2.45, 2.75) is 13.0 Å². The molecule has 4 aromatic rings. The number of halogens is 4. The number of hydrogen-bond donors (Lipinski definition) is 2. The molecule has 0 spiro atoms. The monoisotopic (exact) mass is 529 g/mol. The summed E-state index contributed by atoms with van der Waals surface area (Å²) in [4.78, 5) is 0. The lowest BCUT2D eigenvalue weighted by Gasteiger charge is -2.27. The second-order valence-electron chi connectivity index (χ2n) is 8.23. The Morgan fingerprint density at radius 3 is 1.54 bits per heavy atom. The SMILES string of the molecule is F[B-](F)(F)F.NCc1cc(OCCC[P+](c2ccccc2)(c2ccccc2)c2ccccc2)ccc1O. The van der Waals surface area contributed by atoms with E-state index in [9.17, 15) is 22.4 Å². The van der Waals surface area contributed by atoms with Crippen molar-refractivity contribution < 1.29 is 27.1 Å². The molecule has 3 N–H and O–H groups in total. The molecule has 0 fully saturated rings. The Bertz CT molecular complexity index is 1130. The summed E-state index contributed by atoms with van der Waals surface area (Å²) < 4.78 is 45.1. The third kappa shape index (κ3) is 8.07. The summed E-state index contributed by atoms with van der Waals surface area (Å²) in [6.07, 6.45) is 1.91. The normalized spacial score (nSPS) is 11.4. The van der Waals surface area contributed by atoms with Gasteiger partial charge >= 0.3 is 7.25 Å². The van der Waals surface area contributed by atoms with E-state index in [0.717, 1.165) is 18.3 Å². The Kier molecular flexibility index (Phi) is 10.1. The summed E-state index contributed by atoms with van der Waals surface area (Å²) in [6, 6.07) is 37.9. The fourth-order valence-electron chi connectivity index (χ4n) is 4.19. The zero-order valence-corrected chi connectivity index (χ0v) is 21.1. The molecule has 0 atom stereocenters. The van der Waals surface area contributed by atoms with Crippen molar-refractivity contribution in [1.29, 1.82) is 0 Å². The van der Waals surface area contributed by atoms with Crippen LogP contribution < -0.4 is 26.4 Å². The minimum atomic E-state index is -6.00. The summed E-state index contributed by atoms with van der Waals surface area (Å²) in [7, 11) is -7.84. The minimum Gasteiger partial charge on any atom is -0.508 e. The molecule has 194 valence electrons. The zero-order valence-electron chi connectivity index (χ0n) is 20.2. The number of rotatable bonds is 9. The first kappa shape index (κ1) is 28.2. The van der Waals surface area contributed by atoms with E-state index in [-0.39, 0.29) is 12.3 Å². The number of nitrogens with two attached hydrogens (primary N) is 1. The lowest BCUT2D eigenvalue weighted by molar-refractivity contribution is 0.317. The van der Waals surface area contributed by atoms with Crippen molar-refractivity contribution >= 4 is 30.4 Å². The summed E-state index contributed by atoms with van der Waals surface area (Å²) in [5, 5.41) is 14.0. The Hall–Kier alpha value is -3.35. The van der Waals surface area contributed by atoms with Gasteiger partial charge in [0.1, 0.15) is 34.7 Å². The van der Waals surface area contributed by atoms with Gasteiger partial charge in [-0.05, 0) is 54.6 Å². The Morgan fingerprint density at radius 1 is 0.703 bits per heavy atom. The van der Waals surface area contributed by atoms with Gasteiger partial charge in [0.05, 0.1) is 12.8 Å². The number of phenolic OH excluding ortho intramolecular Hbond substituents is 1. The van der Waals surface area contributed by atoms with E-state index in [1.807, 2.05) is 6.07 Å². The van der Waals surface area contributed by atoms with Crippen LogP contribution in [0.25, 0.3) is 0 Å². The molecule has 3 nitrogen and oxygen atoms in total. The first-order valence-electron chi connectivity index (χ1n) is 11.8. The topological polar surface area (TPSA) is 55.5 Å². The van der Waals surface area contributed by atoms with Gasteiger partial charge in [0, 0.05) is 18.5 Å². The predicted octanol–water partition coefficient (Wildman–Crippen LogP) is 5.91. The highest BCUT2D eigenvalue weighted by atomic mass is 31.2. The first-order valence-corrected chi connectivity index (χ1v) is 13.8. The maximum absolute atomic E-state index is 9.86. The number of hydrogen-bond acceptors (Lipinski definition) is 3. The Morgan fingerprint density at radius 2 is 1.14 bits per heavy atom. The maximum Gasteiger partial charge on any atom is 0.673 e. The molecule has 0 saturated carbocycles. The quantitative estimate of drug-likeness (QED) is 0.123. The largest absolute Gasteiger partial charge is 0.673 e. The van der Waals surface area contributed by atoms with Gasteiger partial charge in [0.2, 0.25) is 0 Å². The first-order chi connectivity index (χ1) is 17.7. The molecule has 0 aliphatic heterocycles. The molecular weight excluding hydrogens is 500 g/mol. The van der Waals surface area contributed by atoms with Crippen LogP contribution in [-0.2, 0) is 6.54 Å². The van der Waals surface area contributed by atoms with Gasteiger partial charge in [-0.25, -0.2) is 0 Å². The number of benzene rings is 4. The predicted molar refractivity (Wildman–Crippen MR) is 146 cm³/mol. The second-order valence-corrected chi connectivity index (χ2v) is 11.8. The summed E-state index contributed by atoms with van der Waals surface area (Å²) in [5.41, 5.74) is 6.41. The van der Waals surface area contributed by atoms with Crippen LogP contribution in [0.5, 0.6) is 11.5 Å². The van der Waals surface area contributed by atoms with Gasteiger partial charge in [-0.15, -0.1) is 0 Å². The van der Waals surface area contributed by atoms with Crippen LogP contribution in [0.15, 0.2) is 109 Å². The van der Waals surface area contributed by atoms with Crippen LogP contribution in [0.2, 0.25) is 0 Å². The molecule has 9 heteroatoms. The molecule has 0 aromatic heterocycles.